The van der Waals surface area contributed by atoms with Gasteiger partial charge in [-0.25, -0.2) is 23.1 Å². The number of morpholine rings is 1. The van der Waals surface area contributed by atoms with Crippen LogP contribution in [0.1, 0.15) is 117 Å². The van der Waals surface area contributed by atoms with E-state index in [4.69, 9.17) is 14.5 Å². The molecule has 4 aliphatic heterocycles. The number of imidazole rings is 1. The van der Waals surface area contributed by atoms with Gasteiger partial charge in [-0.05, 0) is 99.7 Å². The summed E-state index contributed by atoms with van der Waals surface area (Å²) in [6.07, 6.45) is 11.3. The number of likely N-dealkylation sites (tertiary alicyclic amines) is 1. The minimum Gasteiger partial charge on any atom is -0.378 e. The van der Waals surface area contributed by atoms with E-state index in [0.29, 0.717) is 36.4 Å². The number of amides is 3. The molecule has 2 saturated carbocycles. The van der Waals surface area contributed by atoms with Crippen molar-refractivity contribution in [1.29, 1.82) is 0 Å². The SMILES string of the molecule is Cn1c(=O)n(C2CCC(=O)NC2=O)c2cccc(C3CC(COC4CCN(C[C@H]5CC[C@H](n6cc(NC(=O)c7cnn8ccc(N9C[C@H]%10C[C@@H]9CO%10)nc78)c(C(F)F)n6)CC5)CC4)C3)c21. The molecule has 11 rings (SSSR count). The van der Waals surface area contributed by atoms with Gasteiger partial charge < -0.3 is 24.6 Å². The van der Waals surface area contributed by atoms with Crippen molar-refractivity contribution in [2.45, 2.75) is 113 Å². The Bertz CT molecular complexity index is 2690. The predicted molar refractivity (Wildman–Crippen MR) is 234 cm³/mol. The fourth-order valence-corrected chi connectivity index (χ4v) is 11.5. The Hall–Kier alpha value is -5.53. The van der Waals surface area contributed by atoms with Crippen molar-refractivity contribution in [1.82, 2.24) is 43.7 Å². The van der Waals surface area contributed by atoms with Crippen molar-refractivity contribution in [2.24, 2.45) is 18.9 Å². The number of nitrogens with zero attached hydrogens (tertiary/aromatic N) is 9. The second kappa shape index (κ2) is 17.0. The van der Waals surface area contributed by atoms with Crippen LogP contribution >= 0.6 is 0 Å². The van der Waals surface area contributed by atoms with Gasteiger partial charge in [-0.1, -0.05) is 12.1 Å². The van der Waals surface area contributed by atoms with Gasteiger partial charge in [0.1, 0.15) is 17.4 Å². The summed E-state index contributed by atoms with van der Waals surface area (Å²) >= 11 is 0. The van der Waals surface area contributed by atoms with Crippen molar-refractivity contribution < 1.29 is 32.6 Å². The van der Waals surface area contributed by atoms with E-state index in [9.17, 15) is 28.0 Å². The highest BCUT2D eigenvalue weighted by Crippen LogP contribution is 2.45. The molecule has 17 nitrogen and oxygen atoms in total. The number of aromatic nitrogens is 7. The van der Waals surface area contributed by atoms with Crippen molar-refractivity contribution in [3.05, 3.63) is 70.2 Å². The average molecular weight is 896 g/mol. The first-order chi connectivity index (χ1) is 31.5. The van der Waals surface area contributed by atoms with Gasteiger partial charge in [-0.15, -0.1) is 0 Å². The molecule has 4 aromatic heterocycles. The number of alkyl halides is 2. The third kappa shape index (κ3) is 7.92. The highest BCUT2D eigenvalue weighted by Gasteiger charge is 2.40. The number of nitrogens with one attached hydrogen (secondary N) is 2. The summed E-state index contributed by atoms with van der Waals surface area (Å²) in [5, 5.41) is 13.7. The second-order valence-electron chi connectivity index (χ2n) is 19.2. The molecule has 4 saturated heterocycles. The first-order valence-electron chi connectivity index (χ1n) is 23.3. The summed E-state index contributed by atoms with van der Waals surface area (Å²) in [5.74, 6) is 0.717. The average Bonchev–Trinajstić information content (AvgIpc) is 4.14. The molecule has 1 aromatic carbocycles. The van der Waals surface area contributed by atoms with Crippen molar-refractivity contribution in [3.8, 4) is 0 Å². The molecule has 2 aliphatic carbocycles. The molecule has 6 aliphatic rings. The van der Waals surface area contributed by atoms with Crippen LogP contribution in [0.5, 0.6) is 0 Å². The molecule has 19 heteroatoms. The van der Waals surface area contributed by atoms with Gasteiger partial charge in [0, 0.05) is 58.6 Å². The zero-order chi connectivity index (χ0) is 44.5. The summed E-state index contributed by atoms with van der Waals surface area (Å²) in [7, 11) is 1.76. The molecule has 8 heterocycles. The smallest absolute Gasteiger partial charge is 0.329 e. The maximum absolute atomic E-state index is 14.3. The van der Waals surface area contributed by atoms with E-state index in [1.54, 1.807) is 33.3 Å². The molecule has 0 spiro atoms. The van der Waals surface area contributed by atoms with Crippen LogP contribution in [0, 0.1) is 11.8 Å². The van der Waals surface area contributed by atoms with Crippen molar-refractivity contribution in [2.75, 3.05) is 49.6 Å². The number of rotatable bonds is 12. The van der Waals surface area contributed by atoms with Crippen LogP contribution < -0.4 is 21.2 Å². The number of piperidine rings is 2. The summed E-state index contributed by atoms with van der Waals surface area (Å²) in [6, 6.07) is 7.32. The Kier molecular flexibility index (Phi) is 11.0. The van der Waals surface area contributed by atoms with Gasteiger partial charge in [0.05, 0.1) is 53.8 Å². The maximum Gasteiger partial charge on any atom is 0.329 e. The Labute approximate surface area is 373 Å². The number of halogens is 2. The fraction of sp³-hybridized carbons (Fsp3) is 0.587. The number of ether oxygens (including phenoxy) is 2. The Balaban J connectivity index is 0.636. The number of benzene rings is 1. The number of carbonyl (C=O) groups excluding carboxylic acids is 3. The Morgan fingerprint density at radius 1 is 1.00 bits per heavy atom. The third-order valence-electron chi connectivity index (χ3n) is 15.1. The molecule has 3 atom stereocenters. The Morgan fingerprint density at radius 2 is 1.82 bits per heavy atom. The maximum atomic E-state index is 14.3. The fourth-order valence-electron chi connectivity index (χ4n) is 11.5. The minimum absolute atomic E-state index is 0.00353. The topological polar surface area (TPSA) is 175 Å². The number of hydrogen-bond acceptors (Lipinski definition) is 11. The van der Waals surface area contributed by atoms with Gasteiger partial charge in [0.2, 0.25) is 11.8 Å². The summed E-state index contributed by atoms with van der Waals surface area (Å²) in [6.45, 7) is 5.08. The van der Waals surface area contributed by atoms with Crippen molar-refractivity contribution in [3.63, 3.8) is 0 Å². The van der Waals surface area contributed by atoms with Crippen LogP contribution in [-0.2, 0) is 26.1 Å². The summed E-state index contributed by atoms with van der Waals surface area (Å²) in [5.41, 5.74) is 2.59. The number of aryl methyl sites for hydroxylation is 1. The number of anilines is 2. The van der Waals surface area contributed by atoms with Crippen LogP contribution in [0.15, 0.2) is 47.7 Å². The monoisotopic (exact) mass is 895 g/mol. The quantitative estimate of drug-likeness (QED) is 0.159. The highest BCUT2D eigenvalue weighted by molar-refractivity contribution is 6.08. The zero-order valence-corrected chi connectivity index (χ0v) is 36.5. The molecule has 1 unspecified atom stereocenters. The number of hydrogen-bond donors (Lipinski definition) is 2. The summed E-state index contributed by atoms with van der Waals surface area (Å²) in [4.78, 5) is 60.9. The van der Waals surface area contributed by atoms with Crippen LogP contribution in [0.3, 0.4) is 0 Å². The van der Waals surface area contributed by atoms with E-state index >= 15 is 0 Å². The molecule has 2 N–H and O–H groups in total. The lowest BCUT2D eigenvalue weighted by Crippen LogP contribution is -2.44. The van der Waals surface area contributed by atoms with Gasteiger partial charge in [-0.3, -0.25) is 33.5 Å². The van der Waals surface area contributed by atoms with E-state index in [1.807, 2.05) is 18.2 Å². The van der Waals surface area contributed by atoms with Crippen LogP contribution in [0.2, 0.25) is 0 Å². The molecule has 3 amide bonds. The number of fused-ring (bicyclic) bond motifs is 4. The second-order valence-corrected chi connectivity index (χ2v) is 19.2. The normalized spacial score (nSPS) is 27.6. The van der Waals surface area contributed by atoms with E-state index < -0.39 is 30.0 Å². The van der Waals surface area contributed by atoms with E-state index in [1.165, 1.54) is 10.7 Å². The molecule has 344 valence electrons. The van der Waals surface area contributed by atoms with Crippen molar-refractivity contribution >= 4 is 45.9 Å². The zero-order valence-electron chi connectivity index (χ0n) is 36.5. The number of carbonyl (C=O) groups is 3. The van der Waals surface area contributed by atoms with Gasteiger partial charge in [0.15, 0.2) is 11.3 Å². The standard InChI is InChI=1S/C46H55F2N11O6/c1-54-41-33(3-2-4-36(41)59(46(54)63)37-9-10-39(60)52-45(37)62)28-17-27(18-28)24-64-31-11-14-55(15-12-31)21-26-5-7-29(8-6-26)58-23-35(40(53-58)42(47)48)50-44(61)34-20-49-57-16-13-38(51-43(34)57)56-22-32-19-30(56)25-65-32/h2-4,13,16,20,23,26-32,37,42H,5-12,14-15,17-19,21-22,24-25H2,1H3,(H,50,61)(H,52,60,62)/t26-,27?,28?,29-,30-,32-,37?/m1/s1. The van der Waals surface area contributed by atoms with Crippen LogP contribution in [0.25, 0.3) is 16.7 Å². The molecule has 6 fully saturated rings. The largest absolute Gasteiger partial charge is 0.378 e. The number of para-hydroxylation sites is 1. The van der Waals surface area contributed by atoms with Crippen LogP contribution in [0.4, 0.5) is 20.3 Å². The lowest BCUT2D eigenvalue weighted by molar-refractivity contribution is -0.135. The van der Waals surface area contributed by atoms with Gasteiger partial charge in [-0.2, -0.15) is 10.2 Å². The molecule has 0 radical (unpaired) electrons. The predicted octanol–water partition coefficient (Wildman–Crippen LogP) is 5.13. The number of imide groups is 1. The van der Waals surface area contributed by atoms with E-state index in [-0.39, 0.29) is 53.6 Å². The highest BCUT2D eigenvalue weighted by atomic mass is 19.3. The lowest BCUT2D eigenvalue weighted by Gasteiger charge is -2.39. The molecular weight excluding hydrogens is 841 g/mol. The van der Waals surface area contributed by atoms with E-state index in [2.05, 4.69) is 36.7 Å². The molecule has 65 heavy (non-hydrogen) atoms. The third-order valence-corrected chi connectivity index (χ3v) is 15.1. The van der Waals surface area contributed by atoms with Crippen LogP contribution in [-0.4, -0.2) is 114 Å². The van der Waals surface area contributed by atoms with Gasteiger partial charge in [0.25, 0.3) is 12.3 Å². The Morgan fingerprint density at radius 3 is 2.55 bits per heavy atom. The minimum atomic E-state index is -2.85. The first-order valence-corrected chi connectivity index (χ1v) is 23.3. The first kappa shape index (κ1) is 42.1. The van der Waals surface area contributed by atoms with Gasteiger partial charge >= 0.3 is 5.69 Å². The summed E-state index contributed by atoms with van der Waals surface area (Å²) < 4.78 is 47.2. The molecular formula is C46H55F2N11O6. The molecule has 5 aromatic rings. The van der Waals surface area contributed by atoms with E-state index in [0.717, 1.165) is 113 Å². The lowest BCUT2D eigenvalue weighted by atomic mass is 9.71. The molecule has 2 bridgehead atoms.